The van der Waals surface area contributed by atoms with Crippen molar-refractivity contribution in [2.75, 3.05) is 12.4 Å². The van der Waals surface area contributed by atoms with Crippen molar-refractivity contribution in [1.82, 2.24) is 0 Å². The summed E-state index contributed by atoms with van der Waals surface area (Å²) in [6.45, 7) is 2.17. The van der Waals surface area contributed by atoms with Crippen LogP contribution in [0.2, 0.25) is 0 Å². The van der Waals surface area contributed by atoms with Gasteiger partial charge in [0.2, 0.25) is 0 Å². The lowest BCUT2D eigenvalue weighted by molar-refractivity contribution is 0.0851. The largest absolute Gasteiger partial charge is 0.396 e. The van der Waals surface area contributed by atoms with Crippen LogP contribution in [0.25, 0.3) is 11.1 Å². The smallest absolute Gasteiger partial charge is 0.178 e. The Morgan fingerprint density at radius 1 is 1.07 bits per heavy atom. The number of rotatable bonds is 5. The highest BCUT2D eigenvalue weighted by Crippen LogP contribution is 2.39. The molecule has 0 amide bonds. The number of hydrogen-bond donors (Lipinski definition) is 1. The molecule has 0 saturated heterocycles. The van der Waals surface area contributed by atoms with Crippen molar-refractivity contribution >= 4 is 9.84 Å². The van der Waals surface area contributed by atoms with Crippen LogP contribution in [0.4, 0.5) is 8.78 Å². The lowest BCUT2D eigenvalue weighted by atomic mass is 9.73. The topological polar surface area (TPSA) is 54.4 Å². The molecule has 0 unspecified atom stereocenters. The van der Waals surface area contributed by atoms with Gasteiger partial charge in [-0.3, -0.25) is 0 Å². The van der Waals surface area contributed by atoms with E-state index in [9.17, 15) is 22.3 Å². The van der Waals surface area contributed by atoms with Crippen molar-refractivity contribution in [2.45, 2.75) is 37.5 Å². The molecule has 3 rings (SSSR count). The summed E-state index contributed by atoms with van der Waals surface area (Å²) in [4.78, 5) is 0.212. The van der Waals surface area contributed by atoms with Crippen LogP contribution in [-0.4, -0.2) is 25.9 Å². The van der Waals surface area contributed by atoms with E-state index in [0.29, 0.717) is 5.56 Å². The van der Waals surface area contributed by atoms with E-state index in [2.05, 4.69) is 0 Å². The SMILES string of the molecule is CC1(CO)CCC(CS(=O)(=O)c2ccc(-c3ccc(F)cc3F)cc2)CC1. The van der Waals surface area contributed by atoms with Crippen LogP contribution in [0.1, 0.15) is 32.6 Å². The Morgan fingerprint density at radius 2 is 1.70 bits per heavy atom. The molecule has 0 spiro atoms. The van der Waals surface area contributed by atoms with Crippen molar-refractivity contribution in [2.24, 2.45) is 11.3 Å². The molecule has 27 heavy (non-hydrogen) atoms. The third kappa shape index (κ3) is 4.55. The van der Waals surface area contributed by atoms with E-state index in [-0.39, 0.29) is 34.2 Å². The van der Waals surface area contributed by atoms with Crippen LogP contribution in [-0.2, 0) is 9.84 Å². The predicted octanol–water partition coefficient (Wildman–Crippen LogP) is 4.59. The highest BCUT2D eigenvalue weighted by Gasteiger charge is 2.32. The van der Waals surface area contributed by atoms with E-state index in [0.717, 1.165) is 31.7 Å². The molecular formula is C21H24F2O3S. The Bertz CT molecular complexity index is 900. The second-order valence-corrected chi connectivity index (χ2v) is 9.88. The molecule has 0 heterocycles. The van der Waals surface area contributed by atoms with Gasteiger partial charge in [0.05, 0.1) is 10.6 Å². The molecule has 3 nitrogen and oxygen atoms in total. The number of aliphatic hydroxyl groups is 1. The van der Waals surface area contributed by atoms with Crippen LogP contribution in [0.3, 0.4) is 0 Å². The number of benzene rings is 2. The molecule has 2 aromatic rings. The Labute approximate surface area is 159 Å². The Morgan fingerprint density at radius 3 is 2.26 bits per heavy atom. The zero-order chi connectivity index (χ0) is 19.7. The zero-order valence-electron chi connectivity index (χ0n) is 15.3. The van der Waals surface area contributed by atoms with E-state index in [4.69, 9.17) is 0 Å². The minimum Gasteiger partial charge on any atom is -0.396 e. The Kier molecular flexibility index (Phi) is 5.68. The first kappa shape index (κ1) is 20.0. The van der Waals surface area contributed by atoms with Crippen LogP contribution in [0, 0.1) is 23.0 Å². The molecule has 0 atom stereocenters. The lowest BCUT2D eigenvalue weighted by Gasteiger charge is -2.35. The van der Waals surface area contributed by atoms with E-state index in [1.807, 2.05) is 6.92 Å². The summed E-state index contributed by atoms with van der Waals surface area (Å²) in [5.74, 6) is -1.16. The van der Waals surface area contributed by atoms with Gasteiger partial charge < -0.3 is 5.11 Å². The van der Waals surface area contributed by atoms with Gasteiger partial charge in [0, 0.05) is 18.2 Å². The van der Waals surface area contributed by atoms with Gasteiger partial charge >= 0.3 is 0 Å². The Hall–Kier alpha value is -1.79. The fraction of sp³-hybridized carbons (Fsp3) is 0.429. The highest BCUT2D eigenvalue weighted by molar-refractivity contribution is 7.91. The van der Waals surface area contributed by atoms with Crippen molar-refractivity contribution in [1.29, 1.82) is 0 Å². The summed E-state index contributed by atoms with van der Waals surface area (Å²) in [5, 5.41) is 9.44. The molecule has 0 radical (unpaired) electrons. The molecule has 1 aliphatic rings. The molecule has 6 heteroatoms. The average Bonchev–Trinajstić information content (AvgIpc) is 2.64. The number of aliphatic hydroxyl groups excluding tert-OH is 1. The maximum atomic E-state index is 13.9. The third-order valence-electron chi connectivity index (χ3n) is 5.60. The molecule has 1 saturated carbocycles. The summed E-state index contributed by atoms with van der Waals surface area (Å²) in [5.41, 5.74) is 0.639. The van der Waals surface area contributed by atoms with E-state index >= 15 is 0 Å². The summed E-state index contributed by atoms with van der Waals surface area (Å²) in [6.07, 6.45) is 3.23. The first-order valence-electron chi connectivity index (χ1n) is 9.12. The van der Waals surface area contributed by atoms with Crippen molar-refractivity contribution in [3.63, 3.8) is 0 Å². The van der Waals surface area contributed by atoms with Crippen molar-refractivity contribution in [3.05, 3.63) is 54.1 Å². The van der Waals surface area contributed by atoms with Gasteiger partial charge in [-0.1, -0.05) is 19.1 Å². The van der Waals surface area contributed by atoms with Gasteiger partial charge in [0.25, 0.3) is 0 Å². The summed E-state index contributed by atoms with van der Waals surface area (Å²) >= 11 is 0. The van der Waals surface area contributed by atoms with E-state index in [1.54, 1.807) is 12.1 Å². The molecule has 0 aromatic heterocycles. The van der Waals surface area contributed by atoms with Gasteiger partial charge in [-0.15, -0.1) is 0 Å². The average molecular weight is 394 g/mol. The summed E-state index contributed by atoms with van der Waals surface area (Å²) in [7, 11) is -3.44. The molecule has 1 N–H and O–H groups in total. The van der Waals surface area contributed by atoms with E-state index < -0.39 is 21.5 Å². The van der Waals surface area contributed by atoms with Crippen molar-refractivity contribution < 1.29 is 22.3 Å². The fourth-order valence-electron chi connectivity index (χ4n) is 3.67. The zero-order valence-corrected chi connectivity index (χ0v) is 16.1. The number of hydrogen-bond acceptors (Lipinski definition) is 3. The second-order valence-electron chi connectivity index (χ2n) is 7.84. The summed E-state index contributed by atoms with van der Waals surface area (Å²) < 4.78 is 52.4. The van der Waals surface area contributed by atoms with E-state index in [1.165, 1.54) is 24.3 Å². The molecule has 1 aliphatic carbocycles. The lowest BCUT2D eigenvalue weighted by Crippen LogP contribution is -2.30. The molecule has 1 fully saturated rings. The number of sulfone groups is 1. The summed E-state index contributed by atoms with van der Waals surface area (Å²) in [6, 6.07) is 9.38. The first-order chi connectivity index (χ1) is 12.7. The normalized spacial score (nSPS) is 23.3. The van der Waals surface area contributed by atoms with Crippen molar-refractivity contribution in [3.8, 4) is 11.1 Å². The number of halogens is 2. The van der Waals surface area contributed by atoms with Gasteiger partial charge in [-0.25, -0.2) is 17.2 Å². The maximum Gasteiger partial charge on any atom is 0.178 e. The highest BCUT2D eigenvalue weighted by atomic mass is 32.2. The molecule has 2 aromatic carbocycles. The molecule has 0 bridgehead atoms. The maximum absolute atomic E-state index is 13.9. The van der Waals surface area contributed by atoms with Gasteiger partial charge in [-0.05, 0) is 66.8 Å². The monoisotopic (exact) mass is 394 g/mol. The molecule has 0 aliphatic heterocycles. The Balaban J connectivity index is 1.72. The molecule has 146 valence electrons. The molecular weight excluding hydrogens is 370 g/mol. The quantitative estimate of drug-likeness (QED) is 0.807. The first-order valence-corrected chi connectivity index (χ1v) is 10.8. The van der Waals surface area contributed by atoms with Crippen LogP contribution in [0.15, 0.2) is 47.4 Å². The second kappa shape index (κ2) is 7.68. The predicted molar refractivity (Wildman–Crippen MR) is 101 cm³/mol. The third-order valence-corrected chi connectivity index (χ3v) is 7.51. The van der Waals surface area contributed by atoms with Gasteiger partial charge in [0.1, 0.15) is 11.6 Å². The fourth-order valence-corrected chi connectivity index (χ4v) is 5.37. The van der Waals surface area contributed by atoms with Crippen LogP contribution in [0.5, 0.6) is 0 Å². The standard InChI is InChI=1S/C21H24F2O3S/c1-21(14-24)10-8-15(9-11-21)13-27(25,26)18-5-2-16(3-6-18)19-7-4-17(22)12-20(19)23/h2-7,12,15,24H,8-11,13-14H2,1H3. The minimum atomic E-state index is -3.44. The van der Waals surface area contributed by atoms with Gasteiger partial charge in [-0.2, -0.15) is 0 Å². The van der Waals surface area contributed by atoms with Gasteiger partial charge in [0.15, 0.2) is 9.84 Å². The van der Waals surface area contributed by atoms with Crippen LogP contribution >= 0.6 is 0 Å². The minimum absolute atomic E-state index is 0.0821. The van der Waals surface area contributed by atoms with Crippen LogP contribution < -0.4 is 0 Å².